The van der Waals surface area contributed by atoms with Gasteiger partial charge in [-0.1, -0.05) is 27.7 Å². The number of nitrogens with zero attached hydrogens (tertiary/aromatic N) is 2. The fraction of sp³-hybridized carbons (Fsp3) is 0.875. The normalized spacial score (nSPS) is 11.1. The summed E-state index contributed by atoms with van der Waals surface area (Å²) in [5.41, 5.74) is 0. The lowest BCUT2D eigenvalue weighted by atomic mass is 10.0. The minimum atomic E-state index is -0.846. The zero-order valence-corrected chi connectivity index (χ0v) is 14.1. The number of aliphatic carboxylic acids is 1. The molecule has 1 N–H and O–H groups in total. The third-order valence-electron chi connectivity index (χ3n) is 4.04. The molecule has 0 bridgehead atoms. The highest BCUT2D eigenvalue weighted by Crippen LogP contribution is 2.13. The maximum Gasteiger partial charge on any atom is 0.305 e. The molecular formula is C16H32N2O3. The Morgan fingerprint density at radius 2 is 1.52 bits per heavy atom. The second-order valence-corrected chi connectivity index (χ2v) is 5.36. The average molecular weight is 300 g/mol. The highest BCUT2D eigenvalue weighted by molar-refractivity contribution is 5.79. The largest absolute Gasteiger partial charge is 0.481 e. The third kappa shape index (κ3) is 8.05. The summed E-state index contributed by atoms with van der Waals surface area (Å²) in [5.74, 6) is -0.714. The minimum absolute atomic E-state index is 0.0206. The molecule has 0 aliphatic rings. The van der Waals surface area contributed by atoms with Gasteiger partial charge in [0.2, 0.25) is 5.91 Å². The zero-order chi connectivity index (χ0) is 16.3. The van der Waals surface area contributed by atoms with Crippen LogP contribution < -0.4 is 0 Å². The van der Waals surface area contributed by atoms with E-state index in [2.05, 4.69) is 18.7 Å². The molecule has 0 atom stereocenters. The lowest BCUT2D eigenvalue weighted by Crippen LogP contribution is -2.39. The summed E-state index contributed by atoms with van der Waals surface area (Å²) >= 11 is 0. The van der Waals surface area contributed by atoms with Crippen LogP contribution in [0.4, 0.5) is 0 Å². The molecule has 0 fully saturated rings. The van der Waals surface area contributed by atoms with Gasteiger partial charge in [0, 0.05) is 19.0 Å². The van der Waals surface area contributed by atoms with Crippen LogP contribution in [0.3, 0.4) is 0 Å². The van der Waals surface area contributed by atoms with E-state index in [0.29, 0.717) is 13.1 Å². The first-order valence-corrected chi connectivity index (χ1v) is 8.22. The molecule has 0 rings (SSSR count). The molecule has 0 aliphatic heterocycles. The van der Waals surface area contributed by atoms with E-state index in [1.54, 1.807) is 4.90 Å². The molecule has 0 unspecified atom stereocenters. The van der Waals surface area contributed by atoms with Crippen molar-refractivity contribution in [1.29, 1.82) is 0 Å². The topological polar surface area (TPSA) is 60.9 Å². The van der Waals surface area contributed by atoms with Crippen LogP contribution in [-0.4, -0.2) is 59.5 Å². The van der Waals surface area contributed by atoms with Crippen molar-refractivity contribution in [3.63, 3.8) is 0 Å². The van der Waals surface area contributed by atoms with Crippen molar-refractivity contribution < 1.29 is 14.7 Å². The molecule has 0 spiro atoms. The van der Waals surface area contributed by atoms with Gasteiger partial charge in [-0.05, 0) is 38.9 Å². The molecule has 21 heavy (non-hydrogen) atoms. The number of rotatable bonds is 12. The molecule has 5 nitrogen and oxygen atoms in total. The van der Waals surface area contributed by atoms with Gasteiger partial charge in [-0.2, -0.15) is 0 Å². The molecule has 0 aliphatic carbocycles. The van der Waals surface area contributed by atoms with Crippen molar-refractivity contribution in [3.8, 4) is 0 Å². The van der Waals surface area contributed by atoms with Crippen LogP contribution in [0.25, 0.3) is 0 Å². The second-order valence-electron chi connectivity index (χ2n) is 5.36. The first-order chi connectivity index (χ1) is 9.99. The maximum absolute atomic E-state index is 12.5. The molecule has 0 radical (unpaired) electrons. The van der Waals surface area contributed by atoms with Gasteiger partial charge in [-0.15, -0.1) is 0 Å². The van der Waals surface area contributed by atoms with E-state index in [4.69, 9.17) is 5.11 Å². The smallest absolute Gasteiger partial charge is 0.305 e. The van der Waals surface area contributed by atoms with E-state index >= 15 is 0 Å². The van der Waals surface area contributed by atoms with E-state index in [9.17, 15) is 9.59 Å². The van der Waals surface area contributed by atoms with E-state index in [0.717, 1.165) is 38.9 Å². The number of amides is 1. The van der Waals surface area contributed by atoms with Crippen LogP contribution in [0.2, 0.25) is 0 Å². The lowest BCUT2D eigenvalue weighted by molar-refractivity contribution is -0.140. The highest BCUT2D eigenvalue weighted by Gasteiger charge is 2.21. The molecule has 124 valence electrons. The first kappa shape index (κ1) is 19.9. The van der Waals surface area contributed by atoms with Crippen LogP contribution >= 0.6 is 0 Å². The van der Waals surface area contributed by atoms with Crippen molar-refractivity contribution in [2.45, 2.75) is 53.4 Å². The lowest BCUT2D eigenvalue weighted by Gasteiger charge is -2.27. The predicted molar refractivity (Wildman–Crippen MR) is 85.3 cm³/mol. The summed E-state index contributed by atoms with van der Waals surface area (Å²) in [6.07, 6.45) is 2.55. The summed E-state index contributed by atoms with van der Waals surface area (Å²) in [7, 11) is 0. The average Bonchev–Trinajstić information content (AvgIpc) is 2.47. The molecular weight excluding hydrogens is 268 g/mol. The Hall–Kier alpha value is -1.10. The van der Waals surface area contributed by atoms with Crippen LogP contribution in [0.5, 0.6) is 0 Å². The van der Waals surface area contributed by atoms with Gasteiger partial charge in [0.25, 0.3) is 0 Å². The van der Waals surface area contributed by atoms with Gasteiger partial charge in [0.05, 0.1) is 6.42 Å². The third-order valence-corrected chi connectivity index (χ3v) is 4.04. The number of hydrogen-bond donors (Lipinski definition) is 1. The fourth-order valence-electron chi connectivity index (χ4n) is 2.48. The standard InChI is InChI=1S/C16H32N2O3/c1-5-14(6-2)16(21)18(13-10-15(19)20)12-9-11-17(7-3)8-4/h14H,5-13H2,1-4H3,(H,19,20). The number of carboxylic acids is 1. The Morgan fingerprint density at radius 3 is 1.95 bits per heavy atom. The highest BCUT2D eigenvalue weighted by atomic mass is 16.4. The SMILES string of the molecule is CCC(CC)C(=O)N(CCCN(CC)CC)CCC(=O)O. The second kappa shape index (κ2) is 11.5. The Labute approximate surface area is 129 Å². The van der Waals surface area contributed by atoms with Crippen LogP contribution in [0, 0.1) is 5.92 Å². The number of hydrogen-bond acceptors (Lipinski definition) is 3. The molecule has 5 heteroatoms. The summed E-state index contributed by atoms with van der Waals surface area (Å²) < 4.78 is 0. The van der Waals surface area contributed by atoms with Gasteiger partial charge in [-0.3, -0.25) is 9.59 Å². The molecule has 0 saturated heterocycles. The summed E-state index contributed by atoms with van der Waals surface area (Å²) in [4.78, 5) is 27.3. The monoisotopic (exact) mass is 300 g/mol. The molecule has 0 aromatic heterocycles. The summed E-state index contributed by atoms with van der Waals surface area (Å²) in [6, 6.07) is 0. The van der Waals surface area contributed by atoms with Crippen molar-refractivity contribution >= 4 is 11.9 Å². The predicted octanol–water partition coefficient (Wildman–Crippen LogP) is 2.46. The van der Waals surface area contributed by atoms with E-state index in [1.165, 1.54) is 0 Å². The first-order valence-electron chi connectivity index (χ1n) is 8.22. The van der Waals surface area contributed by atoms with Gasteiger partial charge < -0.3 is 14.9 Å². The molecule has 0 saturated carbocycles. The van der Waals surface area contributed by atoms with Gasteiger partial charge in [0.1, 0.15) is 0 Å². The van der Waals surface area contributed by atoms with E-state index in [1.807, 2.05) is 13.8 Å². The quantitative estimate of drug-likeness (QED) is 0.601. The molecule has 1 amide bonds. The summed E-state index contributed by atoms with van der Waals surface area (Å²) in [6.45, 7) is 12.2. The number of carboxylic acid groups (broad SMARTS) is 1. The van der Waals surface area contributed by atoms with Crippen molar-refractivity contribution in [1.82, 2.24) is 9.80 Å². The molecule has 0 heterocycles. The summed E-state index contributed by atoms with van der Waals surface area (Å²) in [5, 5.41) is 8.84. The molecule has 0 aromatic carbocycles. The van der Waals surface area contributed by atoms with Crippen molar-refractivity contribution in [3.05, 3.63) is 0 Å². The minimum Gasteiger partial charge on any atom is -0.481 e. The van der Waals surface area contributed by atoms with Crippen molar-refractivity contribution in [2.24, 2.45) is 5.92 Å². The van der Waals surface area contributed by atoms with Crippen LogP contribution in [0.15, 0.2) is 0 Å². The number of carbonyl (C=O) groups is 2. The number of carbonyl (C=O) groups excluding carboxylic acids is 1. The van der Waals surface area contributed by atoms with Gasteiger partial charge in [0.15, 0.2) is 0 Å². The van der Waals surface area contributed by atoms with Gasteiger partial charge >= 0.3 is 5.97 Å². The Balaban J connectivity index is 4.51. The maximum atomic E-state index is 12.5. The zero-order valence-electron chi connectivity index (χ0n) is 14.1. The van der Waals surface area contributed by atoms with Crippen molar-refractivity contribution in [2.75, 3.05) is 32.7 Å². The Morgan fingerprint density at radius 1 is 0.952 bits per heavy atom. The van der Waals surface area contributed by atoms with E-state index in [-0.39, 0.29) is 18.2 Å². The molecule has 0 aromatic rings. The van der Waals surface area contributed by atoms with Gasteiger partial charge in [-0.25, -0.2) is 0 Å². The Bertz CT molecular complexity index is 300. The van der Waals surface area contributed by atoms with Crippen LogP contribution in [0.1, 0.15) is 53.4 Å². The fourth-order valence-corrected chi connectivity index (χ4v) is 2.48. The Kier molecular flexibility index (Phi) is 10.9. The van der Waals surface area contributed by atoms with E-state index < -0.39 is 5.97 Å². The van der Waals surface area contributed by atoms with Crippen LogP contribution in [-0.2, 0) is 9.59 Å².